The number of aryl methyl sites for hydroxylation is 1. The van der Waals surface area contributed by atoms with Gasteiger partial charge >= 0.3 is 6.03 Å². The molecule has 1 unspecified atom stereocenters. The fourth-order valence-corrected chi connectivity index (χ4v) is 3.88. The third kappa shape index (κ3) is 4.97. The number of hydrogen-bond acceptors (Lipinski definition) is 3. The molecule has 0 spiro atoms. The molecule has 0 radical (unpaired) electrons. The first-order valence-corrected chi connectivity index (χ1v) is 9.83. The summed E-state index contributed by atoms with van der Waals surface area (Å²) in [5.74, 6) is 0. The van der Waals surface area contributed by atoms with Crippen molar-refractivity contribution in [3.05, 3.63) is 50.7 Å². The van der Waals surface area contributed by atoms with Crippen LogP contribution in [0.2, 0.25) is 5.02 Å². The van der Waals surface area contributed by atoms with Gasteiger partial charge in [-0.2, -0.15) is 11.3 Å². The molecule has 136 valence electrons. The maximum atomic E-state index is 12.5. The van der Waals surface area contributed by atoms with E-state index in [0.29, 0.717) is 11.6 Å². The SMILES string of the molecule is CCc1ccc(Cl)c(CC)c1NC(=O)NCC(c1ccsc1)N(C)C. The summed E-state index contributed by atoms with van der Waals surface area (Å²) in [6.45, 7) is 4.66. The van der Waals surface area contributed by atoms with Crippen LogP contribution in [-0.2, 0) is 12.8 Å². The van der Waals surface area contributed by atoms with Crippen LogP contribution in [0.5, 0.6) is 0 Å². The summed E-state index contributed by atoms with van der Waals surface area (Å²) in [7, 11) is 4.03. The molecule has 2 amide bonds. The van der Waals surface area contributed by atoms with Gasteiger partial charge in [-0.1, -0.05) is 31.5 Å². The Morgan fingerprint density at radius 3 is 2.56 bits per heavy atom. The maximum Gasteiger partial charge on any atom is 0.319 e. The van der Waals surface area contributed by atoms with Crippen molar-refractivity contribution in [1.82, 2.24) is 10.2 Å². The number of amides is 2. The molecule has 2 rings (SSSR count). The molecule has 1 aromatic carbocycles. The molecule has 0 saturated heterocycles. The summed E-state index contributed by atoms with van der Waals surface area (Å²) in [6, 6.07) is 5.92. The van der Waals surface area contributed by atoms with Gasteiger partial charge in [-0.3, -0.25) is 0 Å². The molecule has 2 N–H and O–H groups in total. The summed E-state index contributed by atoms with van der Waals surface area (Å²) in [5.41, 5.74) is 4.13. The van der Waals surface area contributed by atoms with Crippen LogP contribution in [0.4, 0.5) is 10.5 Å². The second kappa shape index (κ2) is 9.22. The summed E-state index contributed by atoms with van der Waals surface area (Å²) in [5, 5.41) is 10.9. The second-order valence-electron chi connectivity index (χ2n) is 6.14. The average Bonchev–Trinajstić information content (AvgIpc) is 3.09. The van der Waals surface area contributed by atoms with E-state index in [0.717, 1.165) is 29.7 Å². The van der Waals surface area contributed by atoms with E-state index in [1.165, 1.54) is 5.56 Å². The molecule has 2 aromatic rings. The van der Waals surface area contributed by atoms with Gasteiger partial charge in [-0.05, 0) is 66.5 Å². The van der Waals surface area contributed by atoms with Crippen LogP contribution in [0.15, 0.2) is 29.0 Å². The number of thiophene rings is 1. The van der Waals surface area contributed by atoms with Crippen molar-refractivity contribution in [3.63, 3.8) is 0 Å². The third-order valence-corrected chi connectivity index (χ3v) is 5.38. The fraction of sp³-hybridized carbons (Fsp3) is 0.421. The van der Waals surface area contributed by atoms with Gasteiger partial charge in [-0.25, -0.2) is 4.79 Å². The highest BCUT2D eigenvalue weighted by Gasteiger charge is 2.17. The van der Waals surface area contributed by atoms with Crippen molar-refractivity contribution >= 4 is 34.7 Å². The third-order valence-electron chi connectivity index (χ3n) is 4.32. The van der Waals surface area contributed by atoms with E-state index in [-0.39, 0.29) is 12.1 Å². The topological polar surface area (TPSA) is 44.4 Å². The minimum Gasteiger partial charge on any atom is -0.336 e. The van der Waals surface area contributed by atoms with Crippen LogP contribution in [0.25, 0.3) is 0 Å². The Kier molecular flexibility index (Phi) is 7.29. The van der Waals surface area contributed by atoms with Gasteiger partial charge < -0.3 is 15.5 Å². The van der Waals surface area contributed by atoms with Crippen molar-refractivity contribution in [2.75, 3.05) is 26.0 Å². The van der Waals surface area contributed by atoms with Crippen LogP contribution < -0.4 is 10.6 Å². The fourth-order valence-electron chi connectivity index (χ4n) is 2.88. The molecule has 4 nitrogen and oxygen atoms in total. The molecule has 0 saturated carbocycles. The summed E-state index contributed by atoms with van der Waals surface area (Å²) < 4.78 is 0. The highest BCUT2D eigenvalue weighted by Crippen LogP contribution is 2.29. The molecular formula is C19H26ClN3OS. The molecule has 1 aromatic heterocycles. The molecule has 1 atom stereocenters. The predicted molar refractivity (Wildman–Crippen MR) is 108 cm³/mol. The van der Waals surface area contributed by atoms with Crippen molar-refractivity contribution < 1.29 is 4.79 Å². The average molecular weight is 380 g/mol. The van der Waals surface area contributed by atoms with Gasteiger partial charge in [0.2, 0.25) is 0 Å². The predicted octanol–water partition coefficient (Wildman–Crippen LogP) is 4.95. The normalized spacial score (nSPS) is 12.2. The van der Waals surface area contributed by atoms with E-state index < -0.39 is 0 Å². The number of benzene rings is 1. The highest BCUT2D eigenvalue weighted by molar-refractivity contribution is 7.07. The molecule has 0 bridgehead atoms. The molecule has 0 fully saturated rings. The van der Waals surface area contributed by atoms with Gasteiger partial charge in [0.15, 0.2) is 0 Å². The van der Waals surface area contributed by atoms with Crippen LogP contribution in [0.1, 0.15) is 36.6 Å². The number of hydrogen-bond donors (Lipinski definition) is 2. The minimum atomic E-state index is -0.200. The number of carbonyl (C=O) groups is 1. The lowest BCUT2D eigenvalue weighted by Crippen LogP contribution is -2.37. The number of likely N-dealkylation sites (N-methyl/N-ethyl adjacent to an activating group) is 1. The van der Waals surface area contributed by atoms with E-state index in [1.54, 1.807) is 11.3 Å². The second-order valence-corrected chi connectivity index (χ2v) is 7.33. The summed E-state index contributed by atoms with van der Waals surface area (Å²) in [6.07, 6.45) is 1.62. The molecule has 25 heavy (non-hydrogen) atoms. The highest BCUT2D eigenvalue weighted by atomic mass is 35.5. The van der Waals surface area contributed by atoms with Gasteiger partial charge in [0.25, 0.3) is 0 Å². The quantitative estimate of drug-likeness (QED) is 0.714. The Morgan fingerprint density at radius 1 is 1.24 bits per heavy atom. The Bertz CT molecular complexity index is 701. The first-order valence-electron chi connectivity index (χ1n) is 8.51. The number of halogens is 1. The lowest BCUT2D eigenvalue weighted by molar-refractivity contribution is 0.243. The Balaban J connectivity index is 2.09. The van der Waals surface area contributed by atoms with Crippen LogP contribution in [-0.4, -0.2) is 31.6 Å². The largest absolute Gasteiger partial charge is 0.336 e. The maximum absolute atomic E-state index is 12.5. The number of nitrogens with one attached hydrogen (secondary N) is 2. The molecule has 0 aliphatic rings. The van der Waals surface area contributed by atoms with Crippen molar-refractivity contribution in [2.24, 2.45) is 0 Å². The molecular weight excluding hydrogens is 354 g/mol. The van der Waals surface area contributed by atoms with Crippen molar-refractivity contribution in [1.29, 1.82) is 0 Å². The van der Waals surface area contributed by atoms with Gasteiger partial charge in [0.05, 0.1) is 11.7 Å². The van der Waals surface area contributed by atoms with Crippen molar-refractivity contribution in [3.8, 4) is 0 Å². The zero-order valence-corrected chi connectivity index (χ0v) is 16.8. The van der Waals surface area contributed by atoms with E-state index in [4.69, 9.17) is 11.6 Å². The van der Waals surface area contributed by atoms with Crippen LogP contribution in [0.3, 0.4) is 0 Å². The van der Waals surface area contributed by atoms with Gasteiger partial charge in [0.1, 0.15) is 0 Å². The van der Waals surface area contributed by atoms with Crippen LogP contribution in [0, 0.1) is 0 Å². The molecule has 1 heterocycles. The number of urea groups is 1. The number of anilines is 1. The lowest BCUT2D eigenvalue weighted by atomic mass is 10.0. The lowest BCUT2D eigenvalue weighted by Gasteiger charge is -2.24. The first kappa shape index (κ1) is 19.8. The minimum absolute atomic E-state index is 0.146. The van der Waals surface area contributed by atoms with E-state index in [2.05, 4.69) is 39.3 Å². The zero-order valence-electron chi connectivity index (χ0n) is 15.2. The molecule has 0 aliphatic carbocycles. The first-order chi connectivity index (χ1) is 12.0. The van der Waals surface area contributed by atoms with E-state index >= 15 is 0 Å². The Morgan fingerprint density at radius 2 is 2.00 bits per heavy atom. The van der Waals surface area contributed by atoms with Crippen molar-refractivity contribution in [2.45, 2.75) is 32.7 Å². The Hall–Kier alpha value is -1.56. The van der Waals surface area contributed by atoms with Gasteiger partial charge in [0, 0.05) is 11.6 Å². The van der Waals surface area contributed by atoms with E-state index in [1.807, 2.05) is 33.2 Å². The van der Waals surface area contributed by atoms with Crippen LogP contribution >= 0.6 is 22.9 Å². The number of rotatable bonds is 7. The summed E-state index contributed by atoms with van der Waals surface area (Å²) >= 11 is 7.97. The monoisotopic (exact) mass is 379 g/mol. The van der Waals surface area contributed by atoms with E-state index in [9.17, 15) is 4.79 Å². The molecule has 0 aliphatic heterocycles. The summed E-state index contributed by atoms with van der Waals surface area (Å²) in [4.78, 5) is 14.6. The van der Waals surface area contributed by atoms with Gasteiger partial charge in [-0.15, -0.1) is 0 Å². The Labute approximate surface area is 159 Å². The number of nitrogens with zero attached hydrogens (tertiary/aromatic N) is 1. The standard InChI is InChI=1S/C19H26ClN3OS/c1-5-13-7-8-16(20)15(6-2)18(13)22-19(24)21-11-17(23(3)4)14-9-10-25-12-14/h7-10,12,17H,5-6,11H2,1-4H3,(H2,21,22,24). The smallest absolute Gasteiger partial charge is 0.319 e. The zero-order chi connectivity index (χ0) is 18.4. The molecule has 6 heteroatoms. The number of carbonyl (C=O) groups excluding carboxylic acids is 1.